The fraction of sp³-hybridized carbons (Fsp3) is 0.296. The lowest BCUT2D eigenvalue weighted by molar-refractivity contribution is 0.0976. The van der Waals surface area contributed by atoms with Gasteiger partial charge in [0, 0.05) is 17.7 Å². The maximum atomic E-state index is 13.1. The van der Waals surface area contributed by atoms with Crippen molar-refractivity contribution in [1.29, 1.82) is 0 Å². The first-order chi connectivity index (χ1) is 13.9. The van der Waals surface area contributed by atoms with Crippen molar-refractivity contribution in [2.75, 3.05) is 5.32 Å². The molecule has 1 atom stereocenters. The van der Waals surface area contributed by atoms with E-state index in [1.165, 1.54) is 11.1 Å². The Hall–Kier alpha value is -2.87. The van der Waals surface area contributed by atoms with Crippen molar-refractivity contribution >= 4 is 11.5 Å². The minimum Gasteiger partial charge on any atom is -0.378 e. The van der Waals surface area contributed by atoms with Gasteiger partial charge in [0.1, 0.15) is 0 Å². The van der Waals surface area contributed by atoms with E-state index in [-0.39, 0.29) is 17.2 Å². The van der Waals surface area contributed by atoms with Crippen LogP contribution < -0.4 is 5.32 Å². The van der Waals surface area contributed by atoms with Crippen molar-refractivity contribution in [3.8, 4) is 0 Å². The number of nitrogens with one attached hydrogen (secondary N) is 1. The second-order valence-corrected chi connectivity index (χ2v) is 8.61. The molecule has 0 saturated carbocycles. The molecular formula is C27H31NO. The smallest absolute Gasteiger partial charge is 0.165 e. The molecule has 3 aromatic carbocycles. The van der Waals surface area contributed by atoms with Gasteiger partial charge in [0.05, 0.1) is 6.04 Å². The average molecular weight is 386 g/mol. The first-order valence-electron chi connectivity index (χ1n) is 10.4. The van der Waals surface area contributed by atoms with Gasteiger partial charge in [0.15, 0.2) is 5.78 Å². The standard InChI is InChI=1S/C27H31NO/c1-5-20-11-13-21(14-12-20)25(28-24-9-7-6-8-10-24)19-26(29)22-15-17-23(18-16-22)27(2,3)4/h6-18,25,28H,5,19H2,1-4H3. The largest absolute Gasteiger partial charge is 0.378 e. The monoisotopic (exact) mass is 385 g/mol. The lowest BCUT2D eigenvalue weighted by Gasteiger charge is -2.21. The van der Waals surface area contributed by atoms with Crippen LogP contribution >= 0.6 is 0 Å². The van der Waals surface area contributed by atoms with E-state index < -0.39 is 0 Å². The summed E-state index contributed by atoms with van der Waals surface area (Å²) in [6.45, 7) is 8.70. The second-order valence-electron chi connectivity index (χ2n) is 8.61. The van der Waals surface area contributed by atoms with E-state index in [2.05, 4.69) is 69.4 Å². The molecule has 3 aromatic rings. The van der Waals surface area contributed by atoms with Crippen molar-refractivity contribution in [2.24, 2.45) is 0 Å². The summed E-state index contributed by atoms with van der Waals surface area (Å²) in [5.41, 5.74) is 5.54. The molecule has 0 aromatic heterocycles. The first-order valence-corrected chi connectivity index (χ1v) is 10.4. The van der Waals surface area contributed by atoms with Gasteiger partial charge in [-0.1, -0.05) is 94.4 Å². The summed E-state index contributed by atoms with van der Waals surface area (Å²) in [6, 6.07) is 26.7. The fourth-order valence-electron chi connectivity index (χ4n) is 3.43. The van der Waals surface area contributed by atoms with Crippen LogP contribution in [0, 0.1) is 0 Å². The number of hydrogen-bond donors (Lipinski definition) is 1. The Kier molecular flexibility index (Phi) is 6.53. The molecule has 1 N–H and O–H groups in total. The quantitative estimate of drug-likeness (QED) is 0.445. The van der Waals surface area contributed by atoms with Crippen LogP contribution in [0.2, 0.25) is 0 Å². The SMILES string of the molecule is CCc1ccc(C(CC(=O)c2ccc(C(C)(C)C)cc2)Nc2ccccc2)cc1. The molecule has 29 heavy (non-hydrogen) atoms. The van der Waals surface area contributed by atoms with E-state index in [1.807, 2.05) is 42.5 Å². The number of Topliss-reactive ketones (excluding diaryl/α,β-unsaturated/α-hetero) is 1. The normalized spacial score (nSPS) is 12.4. The zero-order chi connectivity index (χ0) is 20.9. The Bertz CT molecular complexity index is 919. The van der Waals surface area contributed by atoms with Gasteiger partial charge < -0.3 is 5.32 Å². The van der Waals surface area contributed by atoms with Crippen LogP contribution in [0.15, 0.2) is 78.9 Å². The highest BCUT2D eigenvalue weighted by atomic mass is 16.1. The Morgan fingerprint density at radius 2 is 1.48 bits per heavy atom. The van der Waals surface area contributed by atoms with E-state index >= 15 is 0 Å². The molecule has 3 rings (SSSR count). The summed E-state index contributed by atoms with van der Waals surface area (Å²) in [5.74, 6) is 0.151. The van der Waals surface area contributed by atoms with Crippen molar-refractivity contribution in [3.05, 3.63) is 101 Å². The predicted octanol–water partition coefficient (Wildman–Crippen LogP) is 6.97. The highest BCUT2D eigenvalue weighted by molar-refractivity contribution is 5.96. The molecule has 0 spiro atoms. The van der Waals surface area contributed by atoms with Crippen LogP contribution in [-0.4, -0.2) is 5.78 Å². The van der Waals surface area contributed by atoms with Gasteiger partial charge in [-0.25, -0.2) is 0 Å². The lowest BCUT2D eigenvalue weighted by Crippen LogP contribution is -2.16. The Morgan fingerprint density at radius 1 is 0.862 bits per heavy atom. The molecule has 0 saturated heterocycles. The van der Waals surface area contributed by atoms with Gasteiger partial charge >= 0.3 is 0 Å². The third-order valence-corrected chi connectivity index (χ3v) is 5.37. The van der Waals surface area contributed by atoms with Crippen LogP contribution in [0.4, 0.5) is 5.69 Å². The summed E-state index contributed by atoms with van der Waals surface area (Å²) in [4.78, 5) is 13.1. The average Bonchev–Trinajstić information content (AvgIpc) is 2.73. The number of para-hydroxylation sites is 1. The van der Waals surface area contributed by atoms with E-state index in [0.717, 1.165) is 23.2 Å². The van der Waals surface area contributed by atoms with Gasteiger partial charge in [-0.2, -0.15) is 0 Å². The minimum absolute atomic E-state index is 0.0712. The lowest BCUT2D eigenvalue weighted by atomic mass is 9.86. The topological polar surface area (TPSA) is 29.1 Å². The van der Waals surface area contributed by atoms with Crippen LogP contribution in [-0.2, 0) is 11.8 Å². The molecule has 0 aliphatic carbocycles. The fourth-order valence-corrected chi connectivity index (χ4v) is 3.43. The highest BCUT2D eigenvalue weighted by Gasteiger charge is 2.19. The number of hydrogen-bond acceptors (Lipinski definition) is 2. The molecule has 150 valence electrons. The van der Waals surface area contributed by atoms with Crippen molar-refractivity contribution in [3.63, 3.8) is 0 Å². The molecule has 0 bridgehead atoms. The minimum atomic E-state index is -0.0712. The van der Waals surface area contributed by atoms with Crippen molar-refractivity contribution < 1.29 is 4.79 Å². The number of carbonyl (C=O) groups is 1. The van der Waals surface area contributed by atoms with Crippen molar-refractivity contribution in [2.45, 2.75) is 52.0 Å². The maximum absolute atomic E-state index is 13.1. The summed E-state index contributed by atoms with van der Waals surface area (Å²) in [5, 5.41) is 3.55. The maximum Gasteiger partial charge on any atom is 0.165 e. The van der Waals surface area contributed by atoms with Crippen LogP contribution in [0.3, 0.4) is 0 Å². The molecule has 0 amide bonds. The number of ketones is 1. The van der Waals surface area contributed by atoms with Gasteiger partial charge in [0.25, 0.3) is 0 Å². The Balaban J connectivity index is 1.82. The molecule has 2 heteroatoms. The number of aryl methyl sites for hydroxylation is 1. The molecule has 2 nitrogen and oxygen atoms in total. The highest BCUT2D eigenvalue weighted by Crippen LogP contribution is 2.27. The summed E-state index contributed by atoms with van der Waals surface area (Å²) in [7, 11) is 0. The molecule has 0 fully saturated rings. The van der Waals surface area contributed by atoms with E-state index in [9.17, 15) is 4.79 Å². The molecule has 1 unspecified atom stereocenters. The molecule has 0 radical (unpaired) electrons. The molecule has 0 aliphatic heterocycles. The van der Waals surface area contributed by atoms with E-state index in [0.29, 0.717) is 6.42 Å². The number of anilines is 1. The number of carbonyl (C=O) groups excluding carboxylic acids is 1. The summed E-state index contributed by atoms with van der Waals surface area (Å²) >= 11 is 0. The van der Waals surface area contributed by atoms with Gasteiger partial charge in [0.2, 0.25) is 0 Å². The van der Waals surface area contributed by atoms with Crippen molar-refractivity contribution in [1.82, 2.24) is 0 Å². The van der Waals surface area contributed by atoms with Gasteiger partial charge in [-0.05, 0) is 40.7 Å². The van der Waals surface area contributed by atoms with E-state index in [4.69, 9.17) is 0 Å². The number of benzene rings is 3. The van der Waals surface area contributed by atoms with Crippen LogP contribution in [0.5, 0.6) is 0 Å². The summed E-state index contributed by atoms with van der Waals surface area (Å²) < 4.78 is 0. The van der Waals surface area contributed by atoms with Gasteiger partial charge in [-0.15, -0.1) is 0 Å². The molecular weight excluding hydrogens is 354 g/mol. The molecule has 0 aliphatic rings. The predicted molar refractivity (Wildman–Crippen MR) is 123 cm³/mol. The van der Waals surface area contributed by atoms with Crippen LogP contribution in [0.1, 0.15) is 67.2 Å². The third kappa shape index (κ3) is 5.57. The zero-order valence-corrected chi connectivity index (χ0v) is 17.9. The Labute approximate surface area is 175 Å². The van der Waals surface area contributed by atoms with Crippen LogP contribution in [0.25, 0.3) is 0 Å². The second kappa shape index (κ2) is 9.09. The number of rotatable bonds is 7. The first kappa shape index (κ1) is 20.9. The third-order valence-electron chi connectivity index (χ3n) is 5.37. The zero-order valence-electron chi connectivity index (χ0n) is 17.9. The Morgan fingerprint density at radius 3 is 2.03 bits per heavy atom. The summed E-state index contributed by atoms with van der Waals surface area (Å²) in [6.07, 6.45) is 1.42. The van der Waals surface area contributed by atoms with E-state index in [1.54, 1.807) is 0 Å². The van der Waals surface area contributed by atoms with Gasteiger partial charge in [-0.3, -0.25) is 4.79 Å². The molecule has 0 heterocycles.